The smallest absolute Gasteiger partial charge is 0.255 e. The molecule has 1 aromatic heterocycles. The number of aliphatic imine (C=N–C) groups is 1. The molecule has 4 aromatic rings. The highest BCUT2D eigenvalue weighted by molar-refractivity contribution is 7.99. The van der Waals surface area contributed by atoms with Crippen LogP contribution in [0.25, 0.3) is 0 Å². The number of hydrogen-bond acceptors (Lipinski definition) is 6. The highest BCUT2D eigenvalue weighted by Gasteiger charge is 2.31. The van der Waals surface area contributed by atoms with Crippen molar-refractivity contribution >= 4 is 35.1 Å². The Bertz CT molecular complexity index is 1500. The van der Waals surface area contributed by atoms with Gasteiger partial charge >= 0.3 is 0 Å². The molecule has 0 bridgehead atoms. The zero-order valence-corrected chi connectivity index (χ0v) is 22.1. The first-order chi connectivity index (χ1) is 19.2. The van der Waals surface area contributed by atoms with Gasteiger partial charge in [-0.25, -0.2) is 4.99 Å². The molecule has 1 unspecified atom stereocenters. The fraction of sp³-hybridized carbons (Fsp3) is 0.194. The van der Waals surface area contributed by atoms with Crippen LogP contribution in [0.1, 0.15) is 21.5 Å². The molecule has 8 heteroatoms. The molecule has 7 nitrogen and oxygen atoms in total. The Morgan fingerprint density at radius 1 is 0.872 bits per heavy atom. The van der Waals surface area contributed by atoms with E-state index >= 15 is 0 Å². The van der Waals surface area contributed by atoms with E-state index in [1.54, 1.807) is 17.8 Å². The van der Waals surface area contributed by atoms with Crippen LogP contribution in [-0.4, -0.2) is 59.7 Å². The van der Waals surface area contributed by atoms with Crippen molar-refractivity contribution in [2.75, 3.05) is 26.2 Å². The number of amides is 2. The second kappa shape index (κ2) is 11.2. The fourth-order valence-corrected chi connectivity index (χ4v) is 5.97. The van der Waals surface area contributed by atoms with Gasteiger partial charge in [-0.3, -0.25) is 9.59 Å². The lowest BCUT2D eigenvalue weighted by atomic mass is 10.0. The van der Waals surface area contributed by atoms with E-state index < -0.39 is 6.04 Å². The topological polar surface area (TPSA) is 78.2 Å². The second-order valence-electron chi connectivity index (χ2n) is 9.54. The van der Waals surface area contributed by atoms with Crippen LogP contribution in [0.2, 0.25) is 0 Å². The van der Waals surface area contributed by atoms with Gasteiger partial charge in [-0.15, -0.1) is 0 Å². The first-order valence-corrected chi connectivity index (χ1v) is 13.8. The molecule has 2 aliphatic rings. The number of nitrogens with one attached hydrogen (secondary N) is 1. The van der Waals surface area contributed by atoms with Gasteiger partial charge in [-0.05, 0) is 29.8 Å². The van der Waals surface area contributed by atoms with Crippen molar-refractivity contribution < 1.29 is 14.0 Å². The molecule has 3 aromatic carbocycles. The van der Waals surface area contributed by atoms with E-state index in [0.717, 1.165) is 27.5 Å². The number of carbonyl (C=O) groups excluding carboxylic acids is 2. The molecule has 1 saturated heterocycles. The lowest BCUT2D eigenvalue weighted by Crippen LogP contribution is -2.56. The molecule has 0 spiro atoms. The summed E-state index contributed by atoms with van der Waals surface area (Å²) in [6.45, 7) is 2.39. The summed E-state index contributed by atoms with van der Waals surface area (Å²) in [5.74, 6) is 0.529. The minimum Gasteiger partial charge on any atom is -0.472 e. The average Bonchev–Trinajstić information content (AvgIpc) is 3.47. The van der Waals surface area contributed by atoms with Crippen molar-refractivity contribution in [3.8, 4) is 0 Å². The van der Waals surface area contributed by atoms with E-state index in [2.05, 4.69) is 34.5 Å². The van der Waals surface area contributed by atoms with Gasteiger partial charge in [-0.1, -0.05) is 72.4 Å². The van der Waals surface area contributed by atoms with Crippen LogP contribution < -0.4 is 5.32 Å². The second-order valence-corrected chi connectivity index (χ2v) is 10.6. The van der Waals surface area contributed by atoms with Crippen LogP contribution in [0.3, 0.4) is 0 Å². The molecule has 0 aliphatic carbocycles. The maximum absolute atomic E-state index is 13.7. The van der Waals surface area contributed by atoms with Gasteiger partial charge in [0.2, 0.25) is 5.91 Å². The third-order valence-corrected chi connectivity index (χ3v) is 8.14. The number of para-hydroxylation sites is 1. The zero-order valence-electron chi connectivity index (χ0n) is 21.3. The van der Waals surface area contributed by atoms with Crippen LogP contribution in [0.15, 0.2) is 117 Å². The highest BCUT2D eigenvalue weighted by Crippen LogP contribution is 2.40. The maximum Gasteiger partial charge on any atom is 0.255 e. The summed E-state index contributed by atoms with van der Waals surface area (Å²) in [5.41, 5.74) is 3.45. The monoisotopic (exact) mass is 536 g/mol. The molecule has 196 valence electrons. The van der Waals surface area contributed by atoms with Gasteiger partial charge in [-0.2, -0.15) is 0 Å². The van der Waals surface area contributed by atoms with Gasteiger partial charge in [0.15, 0.2) is 0 Å². The summed E-state index contributed by atoms with van der Waals surface area (Å²) in [7, 11) is 0. The summed E-state index contributed by atoms with van der Waals surface area (Å²) in [6, 6.07) is 27.2. The van der Waals surface area contributed by atoms with Crippen molar-refractivity contribution in [2.45, 2.75) is 22.3 Å². The van der Waals surface area contributed by atoms with Crippen LogP contribution in [-0.2, 0) is 11.2 Å². The number of furan rings is 1. The van der Waals surface area contributed by atoms with Crippen molar-refractivity contribution in [1.82, 2.24) is 15.1 Å². The molecular weight excluding hydrogens is 508 g/mol. The van der Waals surface area contributed by atoms with Gasteiger partial charge in [0.25, 0.3) is 5.91 Å². The zero-order chi connectivity index (χ0) is 26.6. The lowest BCUT2D eigenvalue weighted by Gasteiger charge is -2.38. The van der Waals surface area contributed by atoms with Crippen LogP contribution in [0.4, 0.5) is 5.69 Å². The number of hydrogen-bond donors (Lipinski definition) is 1. The molecule has 0 radical (unpaired) electrons. The number of benzene rings is 3. The number of amidine groups is 1. The molecule has 1 N–H and O–H groups in total. The molecule has 1 fully saturated rings. The van der Waals surface area contributed by atoms with E-state index in [9.17, 15) is 9.59 Å². The third-order valence-electron chi connectivity index (χ3n) is 7.00. The first kappa shape index (κ1) is 25.0. The number of carbonyl (C=O) groups is 2. The third kappa shape index (κ3) is 5.47. The maximum atomic E-state index is 13.7. The highest BCUT2D eigenvalue weighted by atomic mass is 32.2. The molecule has 2 aliphatic heterocycles. The molecule has 1 atom stereocenters. The summed E-state index contributed by atoms with van der Waals surface area (Å²) in [4.78, 5) is 38.1. The van der Waals surface area contributed by atoms with Crippen LogP contribution in [0.5, 0.6) is 0 Å². The van der Waals surface area contributed by atoms with Gasteiger partial charge in [0.1, 0.15) is 18.1 Å². The Hall–Kier alpha value is -4.30. The van der Waals surface area contributed by atoms with Crippen molar-refractivity contribution in [1.29, 1.82) is 0 Å². The van der Waals surface area contributed by atoms with E-state index in [4.69, 9.17) is 9.41 Å². The fourth-order valence-electron chi connectivity index (χ4n) is 4.95. The Balaban J connectivity index is 1.20. The number of rotatable bonds is 5. The minimum atomic E-state index is -0.680. The number of piperazine rings is 1. The standard InChI is InChI=1S/C31H28N4O3S/c36-30(23-14-19-38-21-23)33-26(20-22-8-2-1-3-9-22)31(37)35-17-15-34(16-18-35)29-24-10-4-6-12-27(24)39-28-13-7-5-11-25(28)32-29/h1-14,19,21,26H,15-18,20H2,(H,33,36). The number of fused-ring (bicyclic) bond motifs is 2. The molecule has 0 saturated carbocycles. The molecule has 6 rings (SSSR count). The summed E-state index contributed by atoms with van der Waals surface area (Å²) in [5, 5.41) is 2.94. The predicted octanol–water partition coefficient (Wildman–Crippen LogP) is 5.01. The quantitative estimate of drug-likeness (QED) is 0.388. The van der Waals surface area contributed by atoms with Gasteiger partial charge in [0, 0.05) is 48.0 Å². The SMILES string of the molecule is O=C(NC(Cc1ccccc1)C(=O)N1CCN(C2=Nc3ccccc3Sc3ccccc32)CC1)c1ccoc1. The average molecular weight is 537 g/mol. The van der Waals surface area contributed by atoms with Crippen LogP contribution >= 0.6 is 11.8 Å². The summed E-state index contributed by atoms with van der Waals surface area (Å²) in [6.07, 6.45) is 3.25. The molecule has 3 heterocycles. The number of nitrogens with zero attached hydrogens (tertiary/aromatic N) is 3. The van der Waals surface area contributed by atoms with Crippen LogP contribution in [0, 0.1) is 0 Å². The van der Waals surface area contributed by atoms with E-state index in [1.165, 1.54) is 17.4 Å². The van der Waals surface area contributed by atoms with E-state index in [0.29, 0.717) is 38.2 Å². The Morgan fingerprint density at radius 3 is 2.36 bits per heavy atom. The van der Waals surface area contributed by atoms with Crippen molar-refractivity contribution in [3.63, 3.8) is 0 Å². The van der Waals surface area contributed by atoms with Crippen molar-refractivity contribution in [3.05, 3.63) is 114 Å². The summed E-state index contributed by atoms with van der Waals surface area (Å²) >= 11 is 1.73. The Morgan fingerprint density at radius 2 is 1.59 bits per heavy atom. The lowest BCUT2D eigenvalue weighted by molar-refractivity contribution is -0.134. The van der Waals surface area contributed by atoms with E-state index in [-0.39, 0.29) is 11.8 Å². The first-order valence-electron chi connectivity index (χ1n) is 13.0. The van der Waals surface area contributed by atoms with Gasteiger partial charge < -0.3 is 19.5 Å². The molecule has 2 amide bonds. The van der Waals surface area contributed by atoms with E-state index in [1.807, 2.05) is 59.5 Å². The van der Waals surface area contributed by atoms with Crippen molar-refractivity contribution in [2.24, 2.45) is 4.99 Å². The largest absolute Gasteiger partial charge is 0.472 e. The molecule has 39 heavy (non-hydrogen) atoms. The normalized spacial score (nSPS) is 15.4. The van der Waals surface area contributed by atoms with Gasteiger partial charge in [0.05, 0.1) is 17.5 Å². The minimum absolute atomic E-state index is 0.0838. The molecular formula is C31H28N4O3S. The predicted molar refractivity (Wildman–Crippen MR) is 151 cm³/mol. The Kier molecular flexibility index (Phi) is 7.19. The summed E-state index contributed by atoms with van der Waals surface area (Å²) < 4.78 is 5.06. The Labute approximate surface area is 231 Å².